The van der Waals surface area contributed by atoms with Crippen molar-refractivity contribution in [2.75, 3.05) is 19.8 Å². The number of hydrogen-bond acceptors (Lipinski definition) is 6. The minimum Gasteiger partial charge on any atom is -0.465 e. The van der Waals surface area contributed by atoms with E-state index in [1.54, 1.807) is 0 Å². The molecule has 0 aromatic heterocycles. The summed E-state index contributed by atoms with van der Waals surface area (Å²) in [7, 11) is 0. The van der Waals surface area contributed by atoms with Crippen LogP contribution in [-0.2, 0) is 28.6 Å². The number of carbonyl (C=O) groups is 3. The first kappa shape index (κ1) is 35.8. The highest BCUT2D eigenvalue weighted by molar-refractivity contribution is 5.77. The zero-order valence-corrected chi connectivity index (χ0v) is 21.7. The Morgan fingerprint density at radius 2 is 1.16 bits per heavy atom. The summed E-state index contributed by atoms with van der Waals surface area (Å²) in [5.74, 6) is -22.7. The van der Waals surface area contributed by atoms with Crippen molar-refractivity contribution >= 4 is 17.9 Å². The zero-order valence-electron chi connectivity index (χ0n) is 21.7. The molecule has 0 aliphatic heterocycles. The molecule has 15 heteroatoms. The van der Waals surface area contributed by atoms with E-state index in [2.05, 4.69) is 4.74 Å². The lowest BCUT2D eigenvalue weighted by molar-refractivity contribution is -0.397. The van der Waals surface area contributed by atoms with Crippen LogP contribution in [0.1, 0.15) is 66.7 Å². The van der Waals surface area contributed by atoms with Gasteiger partial charge in [0.15, 0.2) is 0 Å². The number of rotatable bonds is 16. The molecule has 1 unspecified atom stereocenters. The fraction of sp³-hybridized carbons (Fsp3) is 0.870. The van der Waals surface area contributed by atoms with Gasteiger partial charge in [-0.2, -0.15) is 39.5 Å². The molecule has 0 N–H and O–H groups in total. The Morgan fingerprint density at radius 1 is 0.711 bits per heavy atom. The quantitative estimate of drug-likeness (QED) is 0.0922. The zero-order chi connectivity index (χ0) is 30.2. The maximum Gasteiger partial charge on any atom is 0.460 e. The molecule has 0 aliphatic rings. The van der Waals surface area contributed by atoms with Gasteiger partial charge >= 0.3 is 41.9 Å². The highest BCUT2D eigenvalue weighted by Gasteiger charge is 2.81. The van der Waals surface area contributed by atoms with E-state index in [4.69, 9.17) is 9.47 Å². The van der Waals surface area contributed by atoms with Crippen molar-refractivity contribution in [1.29, 1.82) is 0 Å². The SMILES string of the molecule is CCC(C)(C)C(CC(C)C)C(=O)OCCOC(=O)CCC(=O)OCCC(F)(F)C(F)(F)C(F)(F)C(F)(F)F. The van der Waals surface area contributed by atoms with Gasteiger partial charge in [0.2, 0.25) is 0 Å². The summed E-state index contributed by atoms with van der Waals surface area (Å²) in [6.45, 7) is 7.41. The standard InChI is InChI=1S/C23H33F9O6/c1-6-19(4,5)15(13-14(2)3)18(35)38-12-11-37-17(34)8-7-16(33)36-10-9-20(24,25)21(26,27)22(28,29)23(30,31)32/h14-15H,6-13H2,1-5H3. The van der Waals surface area contributed by atoms with Gasteiger partial charge in [-0.25, -0.2) is 0 Å². The van der Waals surface area contributed by atoms with Crippen LogP contribution in [0.3, 0.4) is 0 Å². The lowest BCUT2D eigenvalue weighted by Crippen LogP contribution is -2.61. The Bertz CT molecular complexity index is 795. The summed E-state index contributed by atoms with van der Waals surface area (Å²) in [6, 6.07) is 0. The molecule has 0 saturated heterocycles. The van der Waals surface area contributed by atoms with E-state index in [0.717, 1.165) is 0 Å². The summed E-state index contributed by atoms with van der Waals surface area (Å²) in [6.07, 6.45) is -9.44. The van der Waals surface area contributed by atoms with Crippen molar-refractivity contribution in [3.63, 3.8) is 0 Å². The van der Waals surface area contributed by atoms with Crippen LogP contribution in [0, 0.1) is 17.3 Å². The maximum atomic E-state index is 13.4. The Balaban J connectivity index is 4.53. The average Bonchev–Trinajstić information content (AvgIpc) is 2.77. The monoisotopic (exact) mass is 576 g/mol. The van der Waals surface area contributed by atoms with E-state index in [1.165, 1.54) is 0 Å². The maximum absolute atomic E-state index is 13.4. The van der Waals surface area contributed by atoms with Crippen molar-refractivity contribution in [3.05, 3.63) is 0 Å². The van der Waals surface area contributed by atoms with Crippen LogP contribution >= 0.6 is 0 Å². The highest BCUT2D eigenvalue weighted by atomic mass is 19.4. The van der Waals surface area contributed by atoms with Gasteiger partial charge in [0.25, 0.3) is 0 Å². The van der Waals surface area contributed by atoms with Crippen LogP contribution in [0.5, 0.6) is 0 Å². The Hall–Kier alpha value is -2.22. The lowest BCUT2D eigenvalue weighted by Gasteiger charge is -2.33. The molecular weight excluding hydrogens is 543 g/mol. The minimum absolute atomic E-state index is 0.222. The second kappa shape index (κ2) is 13.7. The second-order valence-electron chi connectivity index (χ2n) is 9.73. The Morgan fingerprint density at radius 3 is 1.58 bits per heavy atom. The van der Waals surface area contributed by atoms with Gasteiger partial charge in [0.1, 0.15) is 13.2 Å². The van der Waals surface area contributed by atoms with Crippen molar-refractivity contribution in [2.45, 2.75) is 90.7 Å². The third kappa shape index (κ3) is 9.83. The molecule has 0 aliphatic carbocycles. The van der Waals surface area contributed by atoms with Gasteiger partial charge in [-0.15, -0.1) is 0 Å². The van der Waals surface area contributed by atoms with Crippen molar-refractivity contribution in [3.8, 4) is 0 Å². The first-order valence-corrected chi connectivity index (χ1v) is 11.7. The van der Waals surface area contributed by atoms with E-state index >= 15 is 0 Å². The van der Waals surface area contributed by atoms with Crippen molar-refractivity contribution in [1.82, 2.24) is 0 Å². The highest BCUT2D eigenvalue weighted by Crippen LogP contribution is 2.54. The molecule has 0 rings (SSSR count). The number of halogens is 9. The molecular formula is C23H33F9O6. The van der Waals surface area contributed by atoms with E-state index < -0.39 is 73.6 Å². The topological polar surface area (TPSA) is 78.9 Å². The molecule has 1 atom stereocenters. The number of esters is 3. The smallest absolute Gasteiger partial charge is 0.460 e. The number of alkyl halides is 9. The molecule has 0 aromatic rings. The Labute approximate surface area is 214 Å². The number of ether oxygens (including phenoxy) is 3. The number of carbonyl (C=O) groups excluding carboxylic acids is 3. The van der Waals surface area contributed by atoms with Gasteiger partial charge in [-0.05, 0) is 17.8 Å². The van der Waals surface area contributed by atoms with Crippen molar-refractivity contribution < 1.29 is 68.1 Å². The normalized spacial score (nSPS) is 14.3. The van der Waals surface area contributed by atoms with Crippen LogP contribution in [0.4, 0.5) is 39.5 Å². The molecule has 224 valence electrons. The third-order valence-corrected chi connectivity index (χ3v) is 5.86. The fourth-order valence-corrected chi connectivity index (χ4v) is 3.06. The first-order valence-electron chi connectivity index (χ1n) is 11.7. The average molecular weight is 576 g/mol. The van der Waals surface area contributed by atoms with Gasteiger partial charge in [0.05, 0.1) is 31.8 Å². The summed E-state index contributed by atoms with van der Waals surface area (Å²) in [5.41, 5.74) is -0.336. The van der Waals surface area contributed by atoms with Gasteiger partial charge in [-0.3, -0.25) is 14.4 Å². The van der Waals surface area contributed by atoms with Crippen LogP contribution in [-0.4, -0.2) is 61.7 Å². The summed E-state index contributed by atoms with van der Waals surface area (Å²) in [4.78, 5) is 35.6. The molecule has 6 nitrogen and oxygen atoms in total. The van der Waals surface area contributed by atoms with E-state index in [0.29, 0.717) is 12.8 Å². The molecule has 0 amide bonds. The van der Waals surface area contributed by atoms with Gasteiger partial charge in [0, 0.05) is 0 Å². The Kier molecular flexibility index (Phi) is 12.9. The molecule has 0 radical (unpaired) electrons. The van der Waals surface area contributed by atoms with E-state index in [-0.39, 0.29) is 24.5 Å². The molecule has 0 saturated carbocycles. The minimum atomic E-state index is -7.03. The summed E-state index contributed by atoms with van der Waals surface area (Å²) >= 11 is 0. The van der Waals surface area contributed by atoms with Crippen molar-refractivity contribution in [2.24, 2.45) is 17.3 Å². The molecule has 0 heterocycles. The van der Waals surface area contributed by atoms with Gasteiger partial charge < -0.3 is 14.2 Å². The van der Waals surface area contributed by atoms with Gasteiger partial charge in [-0.1, -0.05) is 41.0 Å². The number of hydrogen-bond donors (Lipinski definition) is 0. The van der Waals surface area contributed by atoms with Crippen LogP contribution in [0.15, 0.2) is 0 Å². The van der Waals surface area contributed by atoms with E-state index in [9.17, 15) is 53.9 Å². The van der Waals surface area contributed by atoms with Crippen LogP contribution < -0.4 is 0 Å². The van der Waals surface area contributed by atoms with E-state index in [1.807, 2.05) is 34.6 Å². The van der Waals surface area contributed by atoms with Crippen LogP contribution in [0.25, 0.3) is 0 Å². The predicted molar refractivity (Wildman–Crippen MR) is 115 cm³/mol. The summed E-state index contributed by atoms with van der Waals surface area (Å²) < 4.78 is 129. The molecule has 0 fully saturated rings. The third-order valence-electron chi connectivity index (χ3n) is 5.86. The predicted octanol–water partition coefficient (Wildman–Crippen LogP) is 6.35. The molecule has 0 aromatic carbocycles. The first-order chi connectivity index (χ1) is 17.0. The summed E-state index contributed by atoms with van der Waals surface area (Å²) in [5, 5.41) is 0. The molecule has 0 spiro atoms. The molecule has 0 bridgehead atoms. The lowest BCUT2D eigenvalue weighted by atomic mass is 9.73. The van der Waals surface area contributed by atoms with Crippen LogP contribution in [0.2, 0.25) is 0 Å². The molecule has 38 heavy (non-hydrogen) atoms. The fourth-order valence-electron chi connectivity index (χ4n) is 3.06. The largest absolute Gasteiger partial charge is 0.465 e. The second-order valence-corrected chi connectivity index (χ2v) is 9.73.